The van der Waals surface area contributed by atoms with E-state index >= 15 is 0 Å². The first-order chi connectivity index (χ1) is 15.2. The number of hydrogen-bond acceptors (Lipinski definition) is 6. The van der Waals surface area contributed by atoms with E-state index in [0.29, 0.717) is 31.4 Å². The summed E-state index contributed by atoms with van der Waals surface area (Å²) in [5.74, 6) is 0.720. The van der Waals surface area contributed by atoms with Gasteiger partial charge in [-0.25, -0.2) is 0 Å². The first-order valence-corrected chi connectivity index (χ1v) is 11.4. The summed E-state index contributed by atoms with van der Waals surface area (Å²) < 4.78 is 12.6. The SMILES string of the molecule is CC(=O)OC1(C)C[C@H]2[C@@H]3OC4=C(C=C3C=C[C@]2(C)[C@H]1c1cccnc1)C(=O)CC(CN)C4. The fourth-order valence-corrected chi connectivity index (χ4v) is 6.60. The molecule has 0 aromatic carbocycles. The van der Waals surface area contributed by atoms with Gasteiger partial charge in [0.05, 0.1) is 5.57 Å². The van der Waals surface area contributed by atoms with E-state index in [-0.39, 0.29) is 41.0 Å². The number of fused-ring (bicyclic) bond motifs is 3. The number of esters is 1. The minimum Gasteiger partial charge on any atom is -0.489 e. The van der Waals surface area contributed by atoms with Crippen molar-refractivity contribution in [3.05, 3.63) is 65.2 Å². The van der Waals surface area contributed by atoms with Crippen molar-refractivity contribution in [2.45, 2.75) is 57.7 Å². The highest BCUT2D eigenvalue weighted by atomic mass is 16.6. The summed E-state index contributed by atoms with van der Waals surface area (Å²) in [4.78, 5) is 29.2. The van der Waals surface area contributed by atoms with Gasteiger partial charge in [0, 0.05) is 49.4 Å². The lowest BCUT2D eigenvalue weighted by molar-refractivity contribution is -0.157. The monoisotopic (exact) mass is 434 g/mol. The van der Waals surface area contributed by atoms with Crippen molar-refractivity contribution in [2.75, 3.05) is 6.54 Å². The second-order valence-electron chi connectivity index (χ2n) is 10.1. The van der Waals surface area contributed by atoms with Crippen LogP contribution in [-0.4, -0.2) is 35.0 Å². The summed E-state index contributed by atoms with van der Waals surface area (Å²) in [7, 11) is 0. The second kappa shape index (κ2) is 7.41. The van der Waals surface area contributed by atoms with Crippen LogP contribution in [0.2, 0.25) is 0 Å². The Morgan fingerprint density at radius 1 is 1.34 bits per heavy atom. The van der Waals surface area contributed by atoms with Crippen LogP contribution in [0.15, 0.2) is 59.7 Å². The Kier molecular flexibility index (Phi) is 4.89. The molecule has 5 rings (SSSR count). The molecule has 4 aliphatic rings. The molecule has 1 fully saturated rings. The van der Waals surface area contributed by atoms with E-state index in [0.717, 1.165) is 16.9 Å². The summed E-state index contributed by atoms with van der Waals surface area (Å²) >= 11 is 0. The maximum absolute atomic E-state index is 12.7. The topological polar surface area (TPSA) is 91.5 Å². The number of nitrogens with zero attached hydrogens (tertiary/aromatic N) is 1. The number of ketones is 1. The lowest BCUT2D eigenvalue weighted by Gasteiger charge is -2.45. The van der Waals surface area contributed by atoms with Crippen LogP contribution in [0.25, 0.3) is 0 Å². The largest absolute Gasteiger partial charge is 0.489 e. The van der Waals surface area contributed by atoms with Gasteiger partial charge in [-0.15, -0.1) is 0 Å². The van der Waals surface area contributed by atoms with E-state index in [1.807, 2.05) is 25.3 Å². The molecule has 0 spiro atoms. The van der Waals surface area contributed by atoms with Gasteiger partial charge in [0.2, 0.25) is 0 Å². The van der Waals surface area contributed by atoms with Crippen LogP contribution >= 0.6 is 0 Å². The predicted octanol–water partition coefficient (Wildman–Crippen LogP) is 3.60. The quantitative estimate of drug-likeness (QED) is 0.731. The number of hydrogen-bond donors (Lipinski definition) is 1. The Hall–Kier alpha value is -2.73. The number of carbonyl (C=O) groups excluding carboxylic acids is 2. The van der Waals surface area contributed by atoms with Crippen LogP contribution in [0, 0.1) is 17.3 Å². The van der Waals surface area contributed by atoms with Gasteiger partial charge in [-0.1, -0.05) is 25.1 Å². The zero-order valence-corrected chi connectivity index (χ0v) is 18.8. The van der Waals surface area contributed by atoms with Crippen LogP contribution in [-0.2, 0) is 19.1 Å². The van der Waals surface area contributed by atoms with Crippen LogP contribution in [0.5, 0.6) is 0 Å². The summed E-state index contributed by atoms with van der Waals surface area (Å²) in [6, 6.07) is 3.98. The molecule has 0 amide bonds. The van der Waals surface area contributed by atoms with Crippen molar-refractivity contribution < 1.29 is 19.1 Å². The van der Waals surface area contributed by atoms with E-state index in [2.05, 4.69) is 30.1 Å². The first-order valence-electron chi connectivity index (χ1n) is 11.4. The lowest BCUT2D eigenvalue weighted by Crippen LogP contribution is -2.42. The van der Waals surface area contributed by atoms with Gasteiger partial charge >= 0.3 is 5.97 Å². The number of pyridine rings is 1. The zero-order valence-electron chi connectivity index (χ0n) is 18.8. The third-order valence-corrected chi connectivity index (χ3v) is 7.84. The van der Waals surface area contributed by atoms with Gasteiger partial charge in [-0.2, -0.15) is 0 Å². The van der Waals surface area contributed by atoms with Crippen LogP contribution in [0.3, 0.4) is 0 Å². The van der Waals surface area contributed by atoms with Gasteiger partial charge in [0.1, 0.15) is 17.5 Å². The van der Waals surface area contributed by atoms with Crippen molar-refractivity contribution in [1.82, 2.24) is 4.98 Å². The molecule has 168 valence electrons. The van der Waals surface area contributed by atoms with Crippen molar-refractivity contribution in [3.63, 3.8) is 0 Å². The number of Topliss-reactive ketones (excluding diaryl/α,β-unsaturated/α-hetero) is 1. The molecule has 2 unspecified atom stereocenters. The molecule has 1 saturated carbocycles. The van der Waals surface area contributed by atoms with E-state index in [4.69, 9.17) is 15.2 Å². The lowest BCUT2D eigenvalue weighted by atomic mass is 9.64. The van der Waals surface area contributed by atoms with Crippen molar-refractivity contribution in [2.24, 2.45) is 23.0 Å². The average Bonchev–Trinajstić information content (AvgIpc) is 2.99. The molecule has 0 saturated heterocycles. The minimum absolute atomic E-state index is 0.0702. The number of nitrogens with two attached hydrogens (primary N) is 1. The Morgan fingerprint density at radius 3 is 2.84 bits per heavy atom. The molecule has 3 aliphatic carbocycles. The van der Waals surface area contributed by atoms with Gasteiger partial charge in [-0.3, -0.25) is 14.6 Å². The molecule has 1 aromatic rings. The molecular weight excluding hydrogens is 404 g/mol. The summed E-state index contributed by atoms with van der Waals surface area (Å²) in [5.41, 5.74) is 7.63. The maximum atomic E-state index is 12.7. The second-order valence-corrected chi connectivity index (χ2v) is 10.1. The van der Waals surface area contributed by atoms with E-state index in [9.17, 15) is 9.59 Å². The van der Waals surface area contributed by atoms with Crippen LogP contribution in [0.1, 0.15) is 51.5 Å². The number of aromatic nitrogens is 1. The maximum Gasteiger partial charge on any atom is 0.303 e. The molecule has 0 radical (unpaired) electrons. The van der Waals surface area contributed by atoms with Crippen molar-refractivity contribution >= 4 is 11.8 Å². The number of carbonyl (C=O) groups is 2. The normalized spacial score (nSPS) is 37.8. The summed E-state index contributed by atoms with van der Waals surface area (Å²) in [6.07, 6.45) is 11.6. The highest BCUT2D eigenvalue weighted by Crippen LogP contribution is 2.64. The van der Waals surface area contributed by atoms with Crippen molar-refractivity contribution in [3.8, 4) is 0 Å². The Morgan fingerprint density at radius 2 is 2.16 bits per heavy atom. The summed E-state index contributed by atoms with van der Waals surface area (Å²) in [6.45, 7) is 6.18. The molecule has 2 N–H and O–H groups in total. The molecular formula is C26H30N2O4. The number of rotatable bonds is 3. The van der Waals surface area contributed by atoms with Crippen LogP contribution < -0.4 is 5.73 Å². The first kappa shape index (κ1) is 21.1. The van der Waals surface area contributed by atoms with E-state index in [1.165, 1.54) is 6.92 Å². The van der Waals surface area contributed by atoms with E-state index < -0.39 is 5.60 Å². The molecule has 6 nitrogen and oxygen atoms in total. The fourth-order valence-electron chi connectivity index (χ4n) is 6.60. The molecule has 32 heavy (non-hydrogen) atoms. The minimum atomic E-state index is -0.700. The number of allylic oxidation sites excluding steroid dienone is 4. The smallest absolute Gasteiger partial charge is 0.303 e. The van der Waals surface area contributed by atoms with Gasteiger partial charge in [0.15, 0.2) is 5.78 Å². The standard InChI is InChI=1S/C26H30N2O4/c1-15(29)32-26(3)12-20-23-17(11-19-21(30)9-16(13-27)10-22(19)31-23)6-7-25(20,2)24(26)18-5-4-8-28-14-18/h4-8,11,14,16,20,23-24H,9-10,12-13,27H2,1-3H3/t16?,20-,23+,24+,25-,26?/m0/s1. The molecule has 6 atom stereocenters. The van der Waals surface area contributed by atoms with Gasteiger partial charge in [-0.05, 0) is 49.1 Å². The fraction of sp³-hybridized carbons (Fsp3) is 0.500. The Balaban J connectivity index is 1.58. The zero-order chi connectivity index (χ0) is 22.7. The van der Waals surface area contributed by atoms with Gasteiger partial charge in [0.25, 0.3) is 0 Å². The Labute approximate surface area is 188 Å². The molecule has 0 bridgehead atoms. The summed E-state index contributed by atoms with van der Waals surface area (Å²) in [5, 5.41) is 0. The third-order valence-electron chi connectivity index (χ3n) is 7.84. The molecule has 1 aromatic heterocycles. The van der Waals surface area contributed by atoms with E-state index in [1.54, 1.807) is 6.20 Å². The molecule has 6 heteroatoms. The predicted molar refractivity (Wildman–Crippen MR) is 119 cm³/mol. The average molecular weight is 435 g/mol. The highest BCUT2D eigenvalue weighted by molar-refractivity contribution is 6.00. The van der Waals surface area contributed by atoms with Crippen molar-refractivity contribution in [1.29, 1.82) is 0 Å². The van der Waals surface area contributed by atoms with Gasteiger partial charge < -0.3 is 15.2 Å². The molecule has 2 heterocycles. The van der Waals surface area contributed by atoms with Crippen LogP contribution in [0.4, 0.5) is 0 Å². The highest BCUT2D eigenvalue weighted by Gasteiger charge is 2.63. The Bertz CT molecular complexity index is 1060. The third kappa shape index (κ3) is 3.15. The number of ether oxygens (including phenoxy) is 2. The molecule has 1 aliphatic heterocycles.